The van der Waals surface area contributed by atoms with Crippen molar-refractivity contribution < 1.29 is 4.79 Å². The van der Waals surface area contributed by atoms with Crippen LogP contribution in [0.25, 0.3) is 11.0 Å². The molecule has 1 amide bonds. The van der Waals surface area contributed by atoms with Gasteiger partial charge < -0.3 is 15.6 Å². The van der Waals surface area contributed by atoms with Crippen molar-refractivity contribution in [2.45, 2.75) is 37.6 Å². The predicted octanol–water partition coefficient (Wildman–Crippen LogP) is 2.99. The van der Waals surface area contributed by atoms with Gasteiger partial charge in [-0.25, -0.2) is 4.98 Å². The molecule has 1 aromatic carbocycles. The number of imidazole rings is 1. The lowest BCUT2D eigenvalue weighted by molar-refractivity contribution is -0.122. The van der Waals surface area contributed by atoms with E-state index in [1.165, 1.54) is 0 Å². The molecule has 3 rings (SSSR count). The van der Waals surface area contributed by atoms with Crippen LogP contribution in [0.1, 0.15) is 25.1 Å². The first-order valence-electron chi connectivity index (χ1n) is 8.15. The normalized spacial score (nSPS) is 19.3. The van der Waals surface area contributed by atoms with Gasteiger partial charge in [0.2, 0.25) is 5.91 Å². The van der Waals surface area contributed by atoms with Gasteiger partial charge in [0.1, 0.15) is 12.4 Å². The summed E-state index contributed by atoms with van der Waals surface area (Å²) in [4.78, 5) is 17.2. The van der Waals surface area contributed by atoms with E-state index in [0.29, 0.717) is 19.0 Å². The molecule has 0 bridgehead atoms. The van der Waals surface area contributed by atoms with E-state index in [4.69, 9.17) is 5.73 Å². The van der Waals surface area contributed by atoms with Crippen LogP contribution in [-0.4, -0.2) is 34.3 Å². The Bertz CT molecular complexity index is 694. The number of halogens is 2. The Morgan fingerprint density at radius 2 is 2.12 bits per heavy atom. The van der Waals surface area contributed by atoms with E-state index in [0.717, 1.165) is 41.9 Å². The maximum atomic E-state index is 12.5. The smallest absolute Gasteiger partial charge is 0.240 e. The molecule has 2 atom stereocenters. The minimum absolute atomic E-state index is 0. The van der Waals surface area contributed by atoms with E-state index >= 15 is 0 Å². The molecular formula is C17H26Cl2N4OS. The Morgan fingerprint density at radius 1 is 1.36 bits per heavy atom. The van der Waals surface area contributed by atoms with Gasteiger partial charge in [0.15, 0.2) is 0 Å². The highest BCUT2D eigenvalue weighted by Gasteiger charge is 2.27. The van der Waals surface area contributed by atoms with Crippen LogP contribution in [0.5, 0.6) is 0 Å². The average molecular weight is 405 g/mol. The quantitative estimate of drug-likeness (QED) is 0.775. The number of hydrogen-bond donors (Lipinski definition) is 2. The molecule has 1 fully saturated rings. The summed E-state index contributed by atoms with van der Waals surface area (Å²) in [5, 5.41) is 3.18. The molecule has 1 aromatic heterocycles. The molecule has 1 saturated carbocycles. The van der Waals surface area contributed by atoms with Crippen molar-refractivity contribution >= 4 is 53.5 Å². The molecule has 2 unspecified atom stereocenters. The van der Waals surface area contributed by atoms with Crippen LogP contribution >= 0.6 is 36.6 Å². The molecule has 3 N–H and O–H groups in total. The first kappa shape index (κ1) is 22.1. The van der Waals surface area contributed by atoms with Gasteiger partial charge in [-0.05, 0) is 43.7 Å². The molecule has 1 aliphatic rings. The Morgan fingerprint density at radius 3 is 2.84 bits per heavy atom. The van der Waals surface area contributed by atoms with E-state index in [1.807, 2.05) is 35.1 Å². The number of carbonyl (C=O) groups is 1. The monoisotopic (exact) mass is 404 g/mol. The van der Waals surface area contributed by atoms with Crippen molar-refractivity contribution in [2.75, 3.05) is 12.8 Å². The van der Waals surface area contributed by atoms with Crippen molar-refractivity contribution in [1.82, 2.24) is 14.9 Å². The fourth-order valence-corrected chi connectivity index (χ4v) is 3.92. The molecule has 140 valence electrons. The summed E-state index contributed by atoms with van der Waals surface area (Å²) in [5.41, 5.74) is 7.78. The van der Waals surface area contributed by atoms with Gasteiger partial charge in [0.25, 0.3) is 0 Å². The number of nitrogens with one attached hydrogen (secondary N) is 1. The van der Waals surface area contributed by atoms with Gasteiger partial charge >= 0.3 is 0 Å². The molecule has 0 saturated heterocycles. The number of nitrogens with two attached hydrogens (primary N) is 1. The zero-order chi connectivity index (χ0) is 16.2. The van der Waals surface area contributed by atoms with Gasteiger partial charge in [-0.3, -0.25) is 4.79 Å². The molecule has 0 radical (unpaired) electrons. The van der Waals surface area contributed by atoms with E-state index in [-0.39, 0.29) is 36.8 Å². The van der Waals surface area contributed by atoms with Crippen LogP contribution in [0, 0.1) is 5.92 Å². The van der Waals surface area contributed by atoms with Crippen molar-refractivity contribution in [2.24, 2.45) is 11.7 Å². The summed E-state index contributed by atoms with van der Waals surface area (Å²) < 4.78 is 2.04. The van der Waals surface area contributed by atoms with Crippen LogP contribution in [0.15, 0.2) is 24.3 Å². The van der Waals surface area contributed by atoms with Gasteiger partial charge in [-0.2, -0.15) is 11.8 Å². The molecule has 8 heteroatoms. The van der Waals surface area contributed by atoms with Crippen LogP contribution in [0.3, 0.4) is 0 Å². The molecule has 5 nitrogen and oxygen atoms in total. The highest BCUT2D eigenvalue weighted by Crippen LogP contribution is 2.25. The Kier molecular flexibility index (Phi) is 9.07. The zero-order valence-corrected chi connectivity index (χ0v) is 16.8. The minimum Gasteiger partial charge on any atom is -0.351 e. The van der Waals surface area contributed by atoms with Crippen molar-refractivity contribution in [3.05, 3.63) is 30.1 Å². The van der Waals surface area contributed by atoms with Gasteiger partial charge in [-0.15, -0.1) is 24.8 Å². The number of aromatic nitrogens is 2. The molecule has 0 aliphatic heterocycles. The Labute approximate surface area is 165 Å². The topological polar surface area (TPSA) is 72.9 Å². The number of para-hydroxylation sites is 2. The van der Waals surface area contributed by atoms with Crippen LogP contribution in [0.4, 0.5) is 0 Å². The molecular weight excluding hydrogens is 379 g/mol. The Hall–Kier alpha value is -0.950. The number of thioether (sulfide) groups is 1. The zero-order valence-electron chi connectivity index (χ0n) is 14.3. The van der Waals surface area contributed by atoms with Crippen molar-refractivity contribution in [3.63, 3.8) is 0 Å². The maximum absolute atomic E-state index is 12.5. The number of rotatable bonds is 6. The average Bonchev–Trinajstić information content (AvgIpc) is 3.13. The highest BCUT2D eigenvalue weighted by molar-refractivity contribution is 7.97. The lowest BCUT2D eigenvalue weighted by atomic mass is 10.0. The summed E-state index contributed by atoms with van der Waals surface area (Å²) in [5.74, 6) is 2.23. The summed E-state index contributed by atoms with van der Waals surface area (Å²) in [6, 6.07) is 8.22. The second kappa shape index (κ2) is 10.3. The summed E-state index contributed by atoms with van der Waals surface area (Å²) in [7, 11) is 0. The molecule has 2 aromatic rings. The second-order valence-electron chi connectivity index (χ2n) is 6.14. The third kappa shape index (κ3) is 5.03. The summed E-state index contributed by atoms with van der Waals surface area (Å²) in [6.07, 6.45) is 5.36. The van der Waals surface area contributed by atoms with Crippen LogP contribution < -0.4 is 11.1 Å². The van der Waals surface area contributed by atoms with Crippen LogP contribution in [-0.2, 0) is 17.1 Å². The number of carbonyl (C=O) groups excluding carboxylic acids is 1. The SMILES string of the molecule is CSCc1nc2ccccc2n1CC(=O)NC1CCCC1CN.Cl.Cl. The lowest BCUT2D eigenvalue weighted by Gasteiger charge is -2.20. The van der Waals surface area contributed by atoms with Gasteiger partial charge in [0.05, 0.1) is 16.8 Å². The predicted molar refractivity (Wildman–Crippen MR) is 110 cm³/mol. The first-order chi connectivity index (χ1) is 11.2. The fraction of sp³-hybridized carbons (Fsp3) is 0.529. The van der Waals surface area contributed by atoms with Crippen molar-refractivity contribution in [1.29, 1.82) is 0 Å². The number of hydrogen-bond acceptors (Lipinski definition) is 4. The largest absolute Gasteiger partial charge is 0.351 e. The van der Waals surface area contributed by atoms with E-state index in [9.17, 15) is 4.79 Å². The fourth-order valence-electron chi connectivity index (χ4n) is 3.45. The third-order valence-corrected chi connectivity index (χ3v) is 5.16. The molecule has 25 heavy (non-hydrogen) atoms. The first-order valence-corrected chi connectivity index (χ1v) is 9.55. The van der Waals surface area contributed by atoms with E-state index in [1.54, 1.807) is 11.8 Å². The van der Waals surface area contributed by atoms with Gasteiger partial charge in [0, 0.05) is 6.04 Å². The number of amides is 1. The minimum atomic E-state index is 0. The second-order valence-corrected chi connectivity index (χ2v) is 7.00. The van der Waals surface area contributed by atoms with Crippen LogP contribution in [0.2, 0.25) is 0 Å². The number of benzene rings is 1. The standard InChI is InChI=1S/C17H24N4OS.2ClH/c1-23-11-16-19-14-6-2-3-8-15(14)21(16)10-17(22)20-13-7-4-5-12(13)9-18;;/h2-3,6,8,12-13H,4-5,7,9-11,18H2,1H3,(H,20,22);2*1H. The number of nitrogens with zero attached hydrogens (tertiary/aromatic N) is 2. The molecule has 1 aliphatic carbocycles. The molecule has 0 spiro atoms. The van der Waals surface area contributed by atoms with Crippen molar-refractivity contribution in [3.8, 4) is 0 Å². The maximum Gasteiger partial charge on any atom is 0.240 e. The van der Waals surface area contributed by atoms with E-state index in [2.05, 4.69) is 10.3 Å². The highest BCUT2D eigenvalue weighted by atomic mass is 35.5. The van der Waals surface area contributed by atoms with E-state index < -0.39 is 0 Å². The summed E-state index contributed by atoms with van der Waals surface area (Å²) >= 11 is 1.72. The molecule has 1 heterocycles. The number of fused-ring (bicyclic) bond motifs is 1. The lowest BCUT2D eigenvalue weighted by Crippen LogP contribution is -2.41. The Balaban J connectivity index is 0.00000156. The van der Waals surface area contributed by atoms with Gasteiger partial charge in [-0.1, -0.05) is 18.6 Å². The summed E-state index contributed by atoms with van der Waals surface area (Å²) in [6.45, 7) is 0.973. The third-order valence-electron chi connectivity index (χ3n) is 4.62.